The van der Waals surface area contributed by atoms with E-state index in [9.17, 15) is 18.0 Å². The zero-order valence-electron chi connectivity index (χ0n) is 10.1. The van der Waals surface area contributed by atoms with Crippen LogP contribution in [0.4, 0.5) is 13.2 Å². The Kier molecular flexibility index (Phi) is 3.69. The average molecular weight is 307 g/mol. The molecule has 0 saturated carbocycles. The summed E-state index contributed by atoms with van der Waals surface area (Å²) in [5, 5.41) is 9.25. The Hall–Kier alpha value is -1.69. The molecule has 1 aromatic carbocycles. The summed E-state index contributed by atoms with van der Waals surface area (Å²) in [5.41, 5.74) is 0.644. The molecule has 0 spiro atoms. The zero-order chi connectivity index (χ0) is 15.1. The van der Waals surface area contributed by atoms with Crippen molar-refractivity contribution < 1.29 is 27.8 Å². The second-order valence-electron chi connectivity index (χ2n) is 4.42. The largest absolute Gasteiger partial charge is 0.481 e. The highest BCUT2D eigenvalue weighted by molar-refractivity contribution is 6.30. The van der Waals surface area contributed by atoms with Crippen LogP contribution >= 0.6 is 11.6 Å². The molecule has 20 heavy (non-hydrogen) atoms. The van der Waals surface area contributed by atoms with E-state index in [-0.39, 0.29) is 17.2 Å². The smallest absolute Gasteiger partial charge is 0.426 e. The van der Waals surface area contributed by atoms with Crippen molar-refractivity contribution in [1.29, 1.82) is 0 Å². The van der Waals surface area contributed by atoms with Gasteiger partial charge in [-0.3, -0.25) is 4.79 Å². The molecule has 0 aromatic heterocycles. The Labute approximate surface area is 117 Å². The summed E-state index contributed by atoms with van der Waals surface area (Å²) >= 11 is 5.84. The molecule has 2 rings (SSSR count). The normalized spacial score (nSPS) is 21.8. The molecule has 0 amide bonds. The van der Waals surface area contributed by atoms with Gasteiger partial charge in [0.1, 0.15) is 11.7 Å². The monoisotopic (exact) mass is 306 g/mol. The number of hydrogen-bond donors (Lipinski definition) is 1. The highest BCUT2D eigenvalue weighted by atomic mass is 35.5. The van der Waals surface area contributed by atoms with E-state index in [1.54, 1.807) is 0 Å². The number of carbonyl (C=O) groups is 1. The molecule has 1 aliphatic heterocycles. The number of hydrogen-bond acceptors (Lipinski definition) is 2. The molecule has 2 atom stereocenters. The summed E-state index contributed by atoms with van der Waals surface area (Å²) in [5.74, 6) is -3.26. The second-order valence-corrected chi connectivity index (χ2v) is 4.85. The Balaban J connectivity index is 2.53. The molecule has 0 fully saturated rings. The maximum absolute atomic E-state index is 12.9. The van der Waals surface area contributed by atoms with Crippen LogP contribution in [0.2, 0.25) is 5.02 Å². The average Bonchev–Trinajstić information content (AvgIpc) is 2.34. The maximum atomic E-state index is 12.9. The fourth-order valence-corrected chi connectivity index (χ4v) is 2.43. The van der Waals surface area contributed by atoms with Gasteiger partial charge in [0.25, 0.3) is 0 Å². The van der Waals surface area contributed by atoms with Crippen molar-refractivity contribution in [3.05, 3.63) is 34.9 Å². The Morgan fingerprint density at radius 1 is 1.50 bits per heavy atom. The second kappa shape index (κ2) is 5.01. The number of aliphatic carboxylic acids is 1. The number of alkyl halides is 3. The highest BCUT2D eigenvalue weighted by Crippen LogP contribution is 2.41. The van der Waals surface area contributed by atoms with E-state index >= 15 is 0 Å². The van der Waals surface area contributed by atoms with Gasteiger partial charge in [-0.2, -0.15) is 13.2 Å². The third-order valence-corrected chi connectivity index (χ3v) is 3.29. The van der Waals surface area contributed by atoms with Gasteiger partial charge in [-0.05, 0) is 24.1 Å². The van der Waals surface area contributed by atoms with Crippen LogP contribution in [0.15, 0.2) is 18.7 Å². The van der Waals surface area contributed by atoms with Crippen LogP contribution in [0.5, 0.6) is 5.75 Å². The Bertz CT molecular complexity index is 569. The number of ether oxygens (including phenoxy) is 1. The van der Waals surface area contributed by atoms with Crippen LogP contribution in [0.1, 0.15) is 11.1 Å². The minimum atomic E-state index is -4.77. The van der Waals surface area contributed by atoms with E-state index in [1.807, 2.05) is 0 Å². The summed E-state index contributed by atoms with van der Waals surface area (Å²) in [6.45, 7) is 3.49. The first-order valence-corrected chi connectivity index (χ1v) is 6.03. The fraction of sp³-hybridized carbons (Fsp3) is 0.308. The van der Waals surface area contributed by atoms with Gasteiger partial charge in [-0.1, -0.05) is 24.3 Å². The van der Waals surface area contributed by atoms with Gasteiger partial charge in [0, 0.05) is 10.6 Å². The molecule has 0 radical (unpaired) electrons. The number of benzene rings is 1. The van der Waals surface area contributed by atoms with E-state index in [0.29, 0.717) is 11.1 Å². The summed E-state index contributed by atoms with van der Waals surface area (Å²) < 4.78 is 43.7. The molecule has 0 aliphatic carbocycles. The van der Waals surface area contributed by atoms with Gasteiger partial charge in [-0.25, -0.2) is 0 Å². The predicted molar refractivity (Wildman–Crippen MR) is 66.8 cm³/mol. The van der Waals surface area contributed by atoms with Gasteiger partial charge in [0.2, 0.25) is 6.10 Å². The lowest BCUT2D eigenvalue weighted by molar-refractivity contribution is -0.217. The summed E-state index contributed by atoms with van der Waals surface area (Å²) in [4.78, 5) is 11.0. The van der Waals surface area contributed by atoms with Crippen molar-refractivity contribution in [3.63, 3.8) is 0 Å². The first-order chi connectivity index (χ1) is 9.24. The summed E-state index contributed by atoms with van der Waals surface area (Å²) in [6.07, 6.45) is -6.12. The number of halogens is 4. The lowest BCUT2D eigenvalue weighted by atomic mass is 9.89. The molecule has 1 aliphatic rings. The lowest BCUT2D eigenvalue weighted by Gasteiger charge is -2.33. The van der Waals surface area contributed by atoms with E-state index in [0.717, 1.165) is 0 Å². The number of carboxylic acid groups (broad SMARTS) is 1. The van der Waals surface area contributed by atoms with Crippen molar-refractivity contribution in [2.24, 2.45) is 5.92 Å². The highest BCUT2D eigenvalue weighted by Gasteiger charge is 2.52. The Morgan fingerprint density at radius 3 is 2.65 bits per heavy atom. The van der Waals surface area contributed by atoms with Gasteiger partial charge < -0.3 is 9.84 Å². The molecule has 0 bridgehead atoms. The maximum Gasteiger partial charge on any atom is 0.426 e. The molecule has 1 aromatic rings. The van der Waals surface area contributed by atoms with Crippen molar-refractivity contribution in [3.8, 4) is 5.75 Å². The number of fused-ring (bicyclic) bond motifs is 1. The standard InChI is InChI=1S/C13H10ClF3O3/c1-2-6-3-8(14)4-7-5-9(12(18)19)11(13(15,16)17)20-10(6)7/h2-4,9,11H,1,5H2,(H,18,19). The van der Waals surface area contributed by atoms with Crippen molar-refractivity contribution in [2.75, 3.05) is 0 Å². The van der Waals surface area contributed by atoms with Crippen LogP contribution in [0.25, 0.3) is 6.08 Å². The van der Waals surface area contributed by atoms with Gasteiger partial charge in [0.05, 0.1) is 0 Å². The first-order valence-electron chi connectivity index (χ1n) is 5.65. The molecule has 0 saturated heterocycles. The van der Waals surface area contributed by atoms with Crippen LogP contribution in [0, 0.1) is 5.92 Å². The van der Waals surface area contributed by atoms with Crippen LogP contribution in [0.3, 0.4) is 0 Å². The molecule has 3 nitrogen and oxygen atoms in total. The summed E-state index contributed by atoms with van der Waals surface area (Å²) in [6, 6.07) is 2.83. The molecule has 108 valence electrons. The fourth-order valence-electron chi connectivity index (χ4n) is 2.18. The van der Waals surface area contributed by atoms with Crippen LogP contribution in [-0.4, -0.2) is 23.4 Å². The SMILES string of the molecule is C=Cc1cc(Cl)cc2c1OC(C(F)(F)F)C(C(=O)O)C2. The number of rotatable bonds is 2. The third kappa shape index (κ3) is 2.60. The minimum Gasteiger partial charge on any atom is -0.481 e. The van der Waals surface area contributed by atoms with Gasteiger partial charge >= 0.3 is 12.1 Å². The third-order valence-electron chi connectivity index (χ3n) is 3.07. The van der Waals surface area contributed by atoms with E-state index < -0.39 is 24.2 Å². The predicted octanol–water partition coefficient (Wildman–Crippen LogP) is 3.55. The number of carboxylic acids is 1. The minimum absolute atomic E-state index is 0.00998. The van der Waals surface area contributed by atoms with E-state index in [2.05, 4.69) is 6.58 Å². The molecule has 1 N–H and O–H groups in total. The Morgan fingerprint density at radius 2 is 2.15 bits per heavy atom. The van der Waals surface area contributed by atoms with Gasteiger partial charge in [0.15, 0.2) is 0 Å². The van der Waals surface area contributed by atoms with Crippen LogP contribution in [-0.2, 0) is 11.2 Å². The molecule has 2 unspecified atom stereocenters. The summed E-state index contributed by atoms with van der Waals surface area (Å²) in [7, 11) is 0. The molecular weight excluding hydrogens is 297 g/mol. The topological polar surface area (TPSA) is 46.5 Å². The van der Waals surface area contributed by atoms with Crippen molar-refractivity contribution in [2.45, 2.75) is 18.7 Å². The van der Waals surface area contributed by atoms with Crippen molar-refractivity contribution >= 4 is 23.6 Å². The quantitative estimate of drug-likeness (QED) is 0.909. The first kappa shape index (κ1) is 14.7. The lowest BCUT2D eigenvalue weighted by Crippen LogP contribution is -2.47. The van der Waals surface area contributed by atoms with Crippen molar-refractivity contribution in [1.82, 2.24) is 0 Å². The molecular formula is C13H10ClF3O3. The van der Waals surface area contributed by atoms with E-state index in [1.165, 1.54) is 18.2 Å². The molecule has 7 heteroatoms. The van der Waals surface area contributed by atoms with Gasteiger partial charge in [-0.15, -0.1) is 0 Å². The van der Waals surface area contributed by atoms with E-state index in [4.69, 9.17) is 21.4 Å². The molecule has 1 heterocycles. The van der Waals surface area contributed by atoms with Crippen LogP contribution < -0.4 is 4.74 Å². The zero-order valence-corrected chi connectivity index (χ0v) is 10.8.